The molecule has 22 nitrogen and oxygen atoms in total. The van der Waals surface area contributed by atoms with Gasteiger partial charge in [0.2, 0.25) is 5.79 Å². The number of aromatic nitrogens is 3. The molecule has 5 aliphatic carbocycles. The highest BCUT2D eigenvalue weighted by molar-refractivity contribution is 5.97. The zero-order valence-electron chi connectivity index (χ0n) is 46.3. The zero-order valence-corrected chi connectivity index (χ0v) is 46.3. The molecule has 82 heavy (non-hydrogen) atoms. The molecule has 8 fully saturated rings. The lowest BCUT2D eigenvalue weighted by atomic mass is 9.40. The number of aryl methyl sites for hydroxylation is 1. The van der Waals surface area contributed by atoms with E-state index in [0.717, 1.165) is 0 Å². The van der Waals surface area contributed by atoms with E-state index in [0.29, 0.717) is 71.0 Å². The van der Waals surface area contributed by atoms with E-state index in [9.17, 15) is 44.4 Å². The van der Waals surface area contributed by atoms with Crippen LogP contribution in [0.2, 0.25) is 0 Å². The first-order valence-electron chi connectivity index (χ1n) is 28.4. The number of ether oxygens (including phenoxy) is 9. The van der Waals surface area contributed by atoms with Gasteiger partial charge in [-0.25, -0.2) is 9.59 Å². The van der Waals surface area contributed by atoms with Crippen LogP contribution in [-0.2, 0) is 71.1 Å². The quantitative estimate of drug-likeness (QED) is 0.0611. The molecule has 3 saturated heterocycles. The molecule has 3 aromatic carbocycles. The average Bonchev–Trinajstić information content (AvgIpc) is 2.96. The van der Waals surface area contributed by atoms with Gasteiger partial charge < -0.3 is 68.8 Å². The van der Waals surface area contributed by atoms with Crippen molar-refractivity contribution in [3.8, 4) is 23.0 Å². The smallest absolute Gasteiger partial charge is 0.341 e. The number of aliphatic hydroxyl groups is 3. The van der Waals surface area contributed by atoms with E-state index in [1.165, 1.54) is 32.9 Å². The van der Waals surface area contributed by atoms with Gasteiger partial charge in [-0.3, -0.25) is 19.1 Å². The Morgan fingerprint density at radius 3 is 2.32 bits per heavy atom. The summed E-state index contributed by atoms with van der Waals surface area (Å²) in [6, 6.07) is 16.1. The van der Waals surface area contributed by atoms with Crippen molar-refractivity contribution in [3.05, 3.63) is 94.8 Å². The van der Waals surface area contributed by atoms with Crippen LogP contribution < -0.4 is 15.2 Å². The number of nitrogens with zero attached hydrogens (tertiary/aromatic N) is 3. The molecule has 0 bridgehead atoms. The van der Waals surface area contributed by atoms with Crippen LogP contribution in [0.3, 0.4) is 0 Å². The molecule has 0 amide bonds. The highest BCUT2D eigenvalue weighted by Crippen LogP contribution is 2.81. The topological polar surface area (TPSA) is 313 Å². The van der Waals surface area contributed by atoms with Gasteiger partial charge in [0.1, 0.15) is 65.8 Å². The number of aliphatic hydroxyl groups excluding tert-OH is 2. The van der Waals surface area contributed by atoms with Gasteiger partial charge in [0.25, 0.3) is 0 Å². The van der Waals surface area contributed by atoms with Gasteiger partial charge in [0.05, 0.1) is 35.5 Å². The molecule has 22 heteroatoms. The number of nitrogens with two attached hydrogens (primary N) is 1. The highest BCUT2D eigenvalue weighted by atomic mass is 16.8. The second-order valence-corrected chi connectivity index (χ2v) is 25.5. The summed E-state index contributed by atoms with van der Waals surface area (Å²) in [6.07, 6.45) is -4.93. The number of phenols is 1. The molecule has 2 spiro atoms. The standard InChI is InChI=1S/C60H66N4O18/c1-25-41-44(57(6)58(7,73)54(72)82-60(57)51(25)80-60)48(42-40-43(49(75-26(2)65)52(56(41,42)5)76-27(3)66)55(4)35(45(61)46(40)69)22-38-47(78-38)50(55)70)79-39(68)14-10-11-19-64-23-28(62-63-64)24-74-30-16-18-34-37(21-30)77-36-20-29(67)15-17-33(36)59(34)32-13-9-8-12-31(32)53(71)81-59/h8-9,12-13,15-18,20-21,23,25,35,38,40-52,67,69-70,73H,10-11,14,19,22,24,61H2,1-7H3/t25-,35+,38-,40?,41-,42+,43?,44-,45+,46+,47-,48-,49-,50-,51+,52-,55-,56+,57-,58+,59?,60-/m0/s1. The summed E-state index contributed by atoms with van der Waals surface area (Å²) >= 11 is 0. The molecular formula is C60H66N4O18. The molecule has 10 aliphatic rings. The summed E-state index contributed by atoms with van der Waals surface area (Å²) in [4.78, 5) is 68.9. The van der Waals surface area contributed by atoms with Crippen molar-refractivity contribution in [1.82, 2.24) is 15.0 Å². The van der Waals surface area contributed by atoms with Crippen molar-refractivity contribution in [2.45, 2.75) is 159 Å². The monoisotopic (exact) mass is 1130 g/mol. The van der Waals surface area contributed by atoms with Gasteiger partial charge in [0.15, 0.2) is 11.2 Å². The van der Waals surface area contributed by atoms with E-state index < -0.39 is 153 Å². The first kappa shape index (κ1) is 53.3. The van der Waals surface area contributed by atoms with Crippen molar-refractivity contribution in [1.29, 1.82) is 0 Å². The average molecular weight is 1130 g/mol. The second kappa shape index (κ2) is 17.7. The first-order valence-corrected chi connectivity index (χ1v) is 28.4. The van der Waals surface area contributed by atoms with Crippen LogP contribution in [-0.4, -0.2) is 132 Å². The third-order valence-corrected chi connectivity index (χ3v) is 21.7. The van der Waals surface area contributed by atoms with E-state index in [2.05, 4.69) is 10.3 Å². The minimum absolute atomic E-state index is 0.0240. The Bertz CT molecular complexity index is 3410. The number of esters is 5. The molecule has 434 valence electrons. The normalized spacial score (nSPS) is 43.3. The lowest BCUT2D eigenvalue weighted by Crippen LogP contribution is -2.76. The number of epoxide rings is 2. The highest BCUT2D eigenvalue weighted by Gasteiger charge is 2.93. The van der Waals surface area contributed by atoms with E-state index in [1.54, 1.807) is 54.2 Å². The number of aromatic hydroxyl groups is 1. The Balaban J connectivity index is 0.723. The first-order chi connectivity index (χ1) is 38.9. The summed E-state index contributed by atoms with van der Waals surface area (Å²) in [5.74, 6) is -9.44. The van der Waals surface area contributed by atoms with Gasteiger partial charge in [-0.2, -0.15) is 0 Å². The molecule has 5 saturated carbocycles. The largest absolute Gasteiger partial charge is 0.508 e. The van der Waals surface area contributed by atoms with Crippen LogP contribution in [0, 0.1) is 57.7 Å². The Morgan fingerprint density at radius 2 is 1.56 bits per heavy atom. The molecule has 14 rings (SSSR count). The van der Waals surface area contributed by atoms with E-state index in [-0.39, 0.29) is 24.9 Å². The predicted molar refractivity (Wildman–Crippen MR) is 278 cm³/mol. The van der Waals surface area contributed by atoms with Crippen molar-refractivity contribution in [2.24, 2.45) is 63.4 Å². The number of rotatable bonds is 11. The van der Waals surface area contributed by atoms with Crippen molar-refractivity contribution in [2.75, 3.05) is 0 Å². The molecule has 3 unspecified atom stereocenters. The Labute approximate surface area is 470 Å². The summed E-state index contributed by atoms with van der Waals surface area (Å²) in [6.45, 7) is 11.6. The Hall–Kier alpha value is -6.69. The van der Waals surface area contributed by atoms with Gasteiger partial charge in [-0.15, -0.1) is 5.10 Å². The van der Waals surface area contributed by atoms with E-state index in [1.807, 2.05) is 32.9 Å². The molecule has 4 aromatic rings. The molecule has 5 aliphatic heterocycles. The number of carbonyl (C=O) groups is 5. The lowest BCUT2D eigenvalue weighted by molar-refractivity contribution is -0.284. The molecule has 22 atom stereocenters. The van der Waals surface area contributed by atoms with E-state index >= 15 is 0 Å². The predicted octanol–water partition coefficient (Wildman–Crippen LogP) is 4.11. The van der Waals surface area contributed by atoms with Crippen LogP contribution in [0.4, 0.5) is 0 Å². The van der Waals surface area contributed by atoms with E-state index in [4.69, 9.17) is 48.4 Å². The maximum atomic E-state index is 14.7. The molecule has 1 aromatic heterocycles. The lowest BCUT2D eigenvalue weighted by Gasteiger charge is -2.67. The second-order valence-electron chi connectivity index (χ2n) is 25.5. The number of hydrogen-bond donors (Lipinski definition) is 5. The molecular weight excluding hydrogens is 1060 g/mol. The van der Waals surface area contributed by atoms with Gasteiger partial charge >= 0.3 is 29.8 Å². The molecule has 6 heterocycles. The Morgan fingerprint density at radius 1 is 0.841 bits per heavy atom. The fraction of sp³-hybridized carbons (Fsp3) is 0.583. The maximum Gasteiger partial charge on any atom is 0.341 e. The van der Waals surface area contributed by atoms with Gasteiger partial charge in [0, 0.05) is 96.2 Å². The van der Waals surface area contributed by atoms with Crippen molar-refractivity contribution < 1.29 is 87.0 Å². The fourth-order valence-electron chi connectivity index (χ4n) is 18.1. The third kappa shape index (κ3) is 6.86. The molecule has 6 N–H and O–H groups in total. The number of benzene rings is 3. The van der Waals surface area contributed by atoms with Crippen LogP contribution in [0.1, 0.15) is 107 Å². The van der Waals surface area contributed by atoms with Gasteiger partial charge in [-0.1, -0.05) is 44.2 Å². The van der Waals surface area contributed by atoms with Crippen molar-refractivity contribution >= 4 is 29.8 Å². The van der Waals surface area contributed by atoms with Gasteiger partial charge in [-0.05, 0) is 81.2 Å². The number of phenolic OH excluding ortho intramolecular Hbond substituents is 1. The van der Waals surface area contributed by atoms with Crippen LogP contribution >= 0.6 is 0 Å². The number of hydrogen-bond acceptors (Lipinski definition) is 21. The number of carbonyl (C=O) groups excluding carboxylic acids is 5. The Kier molecular flexibility index (Phi) is 11.5. The van der Waals surface area contributed by atoms with Crippen LogP contribution in [0.5, 0.6) is 23.0 Å². The zero-order chi connectivity index (χ0) is 57.7. The molecule has 0 radical (unpaired) electrons. The minimum Gasteiger partial charge on any atom is -0.508 e. The summed E-state index contributed by atoms with van der Waals surface area (Å²) in [5.41, 5.74) is 2.24. The van der Waals surface area contributed by atoms with Crippen LogP contribution in [0.15, 0.2) is 66.9 Å². The summed E-state index contributed by atoms with van der Waals surface area (Å²) in [5, 5.41) is 56.8. The summed E-state index contributed by atoms with van der Waals surface area (Å²) < 4.78 is 58.4. The van der Waals surface area contributed by atoms with Crippen molar-refractivity contribution in [3.63, 3.8) is 0 Å². The van der Waals surface area contributed by atoms with Crippen LogP contribution in [0.25, 0.3) is 0 Å². The number of fused-ring (bicyclic) bond motifs is 15. The number of unbranched alkanes of at least 4 members (excludes halogenated alkanes) is 1. The third-order valence-electron chi connectivity index (χ3n) is 21.7. The maximum absolute atomic E-state index is 14.7. The fourth-order valence-corrected chi connectivity index (χ4v) is 18.1. The minimum atomic E-state index is -2.19. The summed E-state index contributed by atoms with van der Waals surface area (Å²) in [7, 11) is 0. The SMILES string of the molecule is CC(=O)O[C@H]1C2C([C@@H](O)[C@H](N)[C@H]3C[C@@H]4O[C@@H]4[C@H](O)[C@]23C)[C@@H]2[C@H](OC(=O)CCCCn3cc(COc4ccc5c(c4)Oc4cc(O)ccc4C54OC(=O)c5ccccc54)nn3)[C@@H]3[C@H]([C@H](C)[C@H]4O[C@]45OC(=O)[C@@](C)(O)[C@]35C)[C@@]2(C)[C@H]1OC(C)=O.